The Morgan fingerprint density at radius 2 is 2.15 bits per heavy atom. The second kappa shape index (κ2) is 5.98. The third-order valence-corrected chi connectivity index (χ3v) is 4.31. The van der Waals surface area contributed by atoms with Gasteiger partial charge in [-0.15, -0.1) is 0 Å². The predicted octanol–water partition coefficient (Wildman–Crippen LogP) is 4.10. The summed E-state index contributed by atoms with van der Waals surface area (Å²) < 4.78 is 10.9. The Morgan fingerprint density at radius 1 is 1.40 bits per heavy atom. The number of carbonyl (C=O) groups excluding carboxylic acids is 1. The maximum absolute atomic E-state index is 11.9. The van der Waals surface area contributed by atoms with Gasteiger partial charge in [-0.05, 0) is 31.6 Å². The average molecular weight is 279 g/mol. The average Bonchev–Trinajstić information content (AvgIpc) is 2.82. The van der Waals surface area contributed by atoms with Gasteiger partial charge in [-0.2, -0.15) is 0 Å². The molecule has 4 heteroatoms. The highest BCUT2D eigenvalue weighted by Crippen LogP contribution is 2.46. The lowest BCUT2D eigenvalue weighted by Crippen LogP contribution is -2.26. The van der Waals surface area contributed by atoms with E-state index >= 15 is 0 Å². The molecule has 0 spiro atoms. The minimum atomic E-state index is -0.392. The fraction of sp³-hybridized carbons (Fsp3) is 0.750. The zero-order valence-electron chi connectivity index (χ0n) is 13.0. The van der Waals surface area contributed by atoms with Crippen LogP contribution in [0.2, 0.25) is 0 Å². The number of nitrogens with zero attached hydrogens (tertiary/aromatic N) is 1. The molecule has 1 aromatic rings. The van der Waals surface area contributed by atoms with Crippen LogP contribution in [0.4, 0.5) is 0 Å². The van der Waals surface area contributed by atoms with Crippen molar-refractivity contribution in [3.63, 3.8) is 0 Å². The SMILES string of the molecule is CCOC(=O)c1oc(C2CCCCC2(C)C)nc1CC. The second-order valence-electron chi connectivity index (χ2n) is 6.19. The van der Waals surface area contributed by atoms with Crippen LogP contribution in [0.3, 0.4) is 0 Å². The van der Waals surface area contributed by atoms with Gasteiger partial charge >= 0.3 is 5.97 Å². The zero-order chi connectivity index (χ0) is 14.8. The van der Waals surface area contributed by atoms with Crippen LogP contribution >= 0.6 is 0 Å². The van der Waals surface area contributed by atoms with Crippen molar-refractivity contribution >= 4 is 5.97 Å². The molecular weight excluding hydrogens is 254 g/mol. The molecule has 0 bridgehead atoms. The third kappa shape index (κ3) is 2.89. The maximum Gasteiger partial charge on any atom is 0.376 e. The molecule has 0 aromatic carbocycles. The summed E-state index contributed by atoms with van der Waals surface area (Å²) in [6.07, 6.45) is 5.40. The zero-order valence-corrected chi connectivity index (χ0v) is 13.0. The van der Waals surface area contributed by atoms with Gasteiger partial charge in [0, 0.05) is 5.92 Å². The smallest absolute Gasteiger partial charge is 0.376 e. The van der Waals surface area contributed by atoms with E-state index < -0.39 is 5.97 Å². The van der Waals surface area contributed by atoms with Crippen molar-refractivity contribution in [3.05, 3.63) is 17.3 Å². The number of oxazole rings is 1. The van der Waals surface area contributed by atoms with E-state index in [0.29, 0.717) is 24.7 Å². The van der Waals surface area contributed by atoms with E-state index in [0.717, 1.165) is 18.0 Å². The summed E-state index contributed by atoms with van der Waals surface area (Å²) in [5, 5.41) is 0. The predicted molar refractivity (Wildman–Crippen MR) is 76.8 cm³/mol. The van der Waals surface area contributed by atoms with Crippen LogP contribution in [0.25, 0.3) is 0 Å². The van der Waals surface area contributed by atoms with Crippen LogP contribution in [-0.4, -0.2) is 17.6 Å². The molecule has 1 aliphatic carbocycles. The summed E-state index contributed by atoms with van der Waals surface area (Å²) in [7, 11) is 0. The molecule has 1 unspecified atom stereocenters. The molecule has 0 radical (unpaired) electrons. The van der Waals surface area contributed by atoms with E-state index in [2.05, 4.69) is 18.8 Å². The molecular formula is C16H25NO3. The standard InChI is InChI=1S/C16H25NO3/c1-5-12-13(15(18)19-6-2)20-14(17-12)11-9-7-8-10-16(11,3)4/h11H,5-10H2,1-4H3. The minimum Gasteiger partial charge on any atom is -0.460 e. The molecule has 4 nitrogen and oxygen atoms in total. The van der Waals surface area contributed by atoms with Crippen LogP contribution < -0.4 is 0 Å². The molecule has 1 heterocycles. The Labute approximate surface area is 120 Å². The number of aromatic nitrogens is 1. The number of hydrogen-bond donors (Lipinski definition) is 0. The Kier molecular flexibility index (Phi) is 4.51. The summed E-state index contributed by atoms with van der Waals surface area (Å²) in [6.45, 7) is 8.65. The van der Waals surface area contributed by atoms with Crippen LogP contribution in [0, 0.1) is 5.41 Å². The first kappa shape index (κ1) is 15.1. The minimum absolute atomic E-state index is 0.181. The number of esters is 1. The Morgan fingerprint density at radius 3 is 2.75 bits per heavy atom. The normalized spacial score (nSPS) is 21.7. The lowest BCUT2D eigenvalue weighted by atomic mass is 9.69. The fourth-order valence-corrected chi connectivity index (χ4v) is 3.07. The number of aryl methyl sites for hydroxylation is 1. The first-order valence-electron chi connectivity index (χ1n) is 7.66. The van der Waals surface area contributed by atoms with E-state index in [-0.39, 0.29) is 5.41 Å². The quantitative estimate of drug-likeness (QED) is 0.779. The number of ether oxygens (including phenoxy) is 1. The molecule has 1 aliphatic rings. The lowest BCUT2D eigenvalue weighted by molar-refractivity contribution is 0.0481. The molecule has 20 heavy (non-hydrogen) atoms. The largest absolute Gasteiger partial charge is 0.460 e. The van der Waals surface area contributed by atoms with Gasteiger partial charge in [0.2, 0.25) is 5.76 Å². The second-order valence-corrected chi connectivity index (χ2v) is 6.19. The van der Waals surface area contributed by atoms with Crippen molar-refractivity contribution in [2.75, 3.05) is 6.61 Å². The molecule has 0 aliphatic heterocycles. The molecule has 1 aromatic heterocycles. The fourth-order valence-electron chi connectivity index (χ4n) is 3.07. The molecule has 0 amide bonds. The summed E-state index contributed by atoms with van der Waals surface area (Å²) in [5.41, 5.74) is 0.903. The Hall–Kier alpha value is -1.32. The van der Waals surface area contributed by atoms with Gasteiger partial charge in [0.05, 0.1) is 12.3 Å². The van der Waals surface area contributed by atoms with E-state index in [1.165, 1.54) is 19.3 Å². The lowest BCUT2D eigenvalue weighted by Gasteiger charge is -2.36. The van der Waals surface area contributed by atoms with Gasteiger partial charge in [0.15, 0.2) is 5.89 Å². The van der Waals surface area contributed by atoms with Crippen molar-refractivity contribution in [1.29, 1.82) is 0 Å². The first-order valence-corrected chi connectivity index (χ1v) is 7.66. The van der Waals surface area contributed by atoms with Crippen molar-refractivity contribution < 1.29 is 13.9 Å². The van der Waals surface area contributed by atoms with Crippen LogP contribution in [0.5, 0.6) is 0 Å². The molecule has 1 fully saturated rings. The van der Waals surface area contributed by atoms with Crippen LogP contribution in [0.1, 0.15) is 81.4 Å². The van der Waals surface area contributed by atoms with Gasteiger partial charge in [0.25, 0.3) is 0 Å². The molecule has 1 atom stereocenters. The highest BCUT2D eigenvalue weighted by atomic mass is 16.5. The van der Waals surface area contributed by atoms with Crippen molar-refractivity contribution in [2.45, 2.75) is 65.7 Å². The van der Waals surface area contributed by atoms with Crippen molar-refractivity contribution in [2.24, 2.45) is 5.41 Å². The van der Waals surface area contributed by atoms with Gasteiger partial charge in [0.1, 0.15) is 0 Å². The molecule has 1 saturated carbocycles. The third-order valence-electron chi connectivity index (χ3n) is 4.31. The van der Waals surface area contributed by atoms with E-state index in [9.17, 15) is 4.79 Å². The molecule has 2 rings (SSSR count). The highest BCUT2D eigenvalue weighted by Gasteiger charge is 2.37. The van der Waals surface area contributed by atoms with E-state index in [4.69, 9.17) is 9.15 Å². The molecule has 112 valence electrons. The highest BCUT2D eigenvalue weighted by molar-refractivity contribution is 5.87. The monoisotopic (exact) mass is 279 g/mol. The number of carbonyl (C=O) groups is 1. The summed E-state index contributed by atoms with van der Waals surface area (Å²) in [5.74, 6) is 0.918. The van der Waals surface area contributed by atoms with Crippen molar-refractivity contribution in [1.82, 2.24) is 4.98 Å². The summed E-state index contributed by atoms with van der Waals surface area (Å²) in [6, 6.07) is 0. The van der Waals surface area contributed by atoms with Crippen LogP contribution in [0.15, 0.2) is 4.42 Å². The van der Waals surface area contributed by atoms with Gasteiger partial charge in [-0.25, -0.2) is 9.78 Å². The van der Waals surface area contributed by atoms with E-state index in [1.54, 1.807) is 6.92 Å². The summed E-state index contributed by atoms with van der Waals surface area (Å²) in [4.78, 5) is 16.5. The van der Waals surface area contributed by atoms with Crippen molar-refractivity contribution in [3.8, 4) is 0 Å². The van der Waals surface area contributed by atoms with Gasteiger partial charge in [-0.1, -0.05) is 33.6 Å². The van der Waals surface area contributed by atoms with Gasteiger partial charge < -0.3 is 9.15 Å². The Balaban J connectivity index is 2.31. The molecule has 0 saturated heterocycles. The molecule has 0 N–H and O–H groups in total. The maximum atomic E-state index is 11.9. The Bertz CT molecular complexity index is 476. The van der Waals surface area contributed by atoms with E-state index in [1.807, 2.05) is 6.92 Å². The van der Waals surface area contributed by atoms with Gasteiger partial charge in [-0.3, -0.25) is 0 Å². The number of rotatable bonds is 4. The topological polar surface area (TPSA) is 52.3 Å². The van der Waals surface area contributed by atoms with Crippen LogP contribution in [-0.2, 0) is 11.2 Å². The first-order chi connectivity index (χ1) is 9.49. The summed E-state index contributed by atoms with van der Waals surface area (Å²) >= 11 is 0. The number of hydrogen-bond acceptors (Lipinski definition) is 4.